The van der Waals surface area contributed by atoms with Crippen LogP contribution in [0.2, 0.25) is 5.02 Å². The molecule has 7 heteroatoms. The van der Waals surface area contributed by atoms with Crippen molar-refractivity contribution in [1.29, 1.82) is 0 Å². The molecular weight excluding hydrogens is 314 g/mol. The quantitative estimate of drug-likeness (QED) is 0.845. The fourth-order valence-electron chi connectivity index (χ4n) is 1.91. The van der Waals surface area contributed by atoms with E-state index in [-0.39, 0.29) is 5.92 Å². The molecule has 2 N–H and O–H groups in total. The Kier molecular flexibility index (Phi) is 5.74. The molecule has 0 aliphatic carbocycles. The molecule has 0 radical (unpaired) electrons. The Labute approximate surface area is 141 Å². The number of halogens is 1. The predicted molar refractivity (Wildman–Crippen MR) is 93.1 cm³/mol. The molecule has 23 heavy (non-hydrogen) atoms. The third-order valence-electron chi connectivity index (χ3n) is 3.27. The van der Waals surface area contributed by atoms with Gasteiger partial charge in [0.25, 0.3) is 0 Å². The van der Waals surface area contributed by atoms with Crippen LogP contribution in [0.5, 0.6) is 0 Å². The van der Waals surface area contributed by atoms with Gasteiger partial charge in [-0.05, 0) is 17.7 Å². The molecule has 0 fully saturated rings. The Balaban J connectivity index is 2.11. The summed E-state index contributed by atoms with van der Waals surface area (Å²) < 4.78 is 0. The molecule has 0 aliphatic heterocycles. The molecule has 0 aliphatic rings. The minimum absolute atomic E-state index is 0.193. The molecule has 0 saturated carbocycles. The molecule has 1 aromatic heterocycles. The molecule has 0 saturated heterocycles. The van der Waals surface area contributed by atoms with Crippen LogP contribution in [0, 0.1) is 0 Å². The van der Waals surface area contributed by atoms with Crippen molar-refractivity contribution in [2.75, 3.05) is 30.9 Å². The number of hydrogen-bond donors (Lipinski definition) is 2. The van der Waals surface area contributed by atoms with E-state index in [9.17, 15) is 5.11 Å². The molecule has 0 bridgehead atoms. The SMILES string of the molecule is CC(C)c1nc(NCC(O)c2ccc(Cl)cc2)nc(N(C)C)n1. The molecule has 124 valence electrons. The second-order valence-corrected chi connectivity index (χ2v) is 6.25. The fraction of sp³-hybridized carbons (Fsp3) is 0.438. The van der Waals surface area contributed by atoms with Crippen LogP contribution >= 0.6 is 11.6 Å². The highest BCUT2D eigenvalue weighted by Gasteiger charge is 2.13. The topological polar surface area (TPSA) is 74.2 Å². The summed E-state index contributed by atoms with van der Waals surface area (Å²) in [5, 5.41) is 14.0. The Morgan fingerprint density at radius 3 is 2.35 bits per heavy atom. The van der Waals surface area contributed by atoms with E-state index in [1.807, 2.05) is 32.8 Å². The summed E-state index contributed by atoms with van der Waals surface area (Å²) in [6.07, 6.45) is -0.672. The van der Waals surface area contributed by atoms with E-state index >= 15 is 0 Å². The number of aliphatic hydroxyl groups is 1. The van der Waals surface area contributed by atoms with Gasteiger partial charge in [0.05, 0.1) is 6.10 Å². The number of benzene rings is 1. The molecule has 1 atom stereocenters. The van der Waals surface area contributed by atoms with Gasteiger partial charge in [0.1, 0.15) is 5.82 Å². The second-order valence-electron chi connectivity index (χ2n) is 5.81. The van der Waals surface area contributed by atoms with Gasteiger partial charge < -0.3 is 15.3 Å². The summed E-state index contributed by atoms with van der Waals surface area (Å²) in [4.78, 5) is 15.0. The van der Waals surface area contributed by atoms with Crippen LogP contribution < -0.4 is 10.2 Å². The van der Waals surface area contributed by atoms with E-state index in [0.717, 1.165) is 5.56 Å². The lowest BCUT2D eigenvalue weighted by molar-refractivity contribution is 0.191. The predicted octanol–water partition coefficient (Wildman–Crippen LogP) is 2.86. The highest BCUT2D eigenvalue weighted by atomic mass is 35.5. The summed E-state index contributed by atoms with van der Waals surface area (Å²) in [6.45, 7) is 4.36. The lowest BCUT2D eigenvalue weighted by atomic mass is 10.1. The van der Waals surface area contributed by atoms with Crippen molar-refractivity contribution in [1.82, 2.24) is 15.0 Å². The average Bonchev–Trinajstić information content (AvgIpc) is 2.52. The standard InChI is InChI=1S/C16H22ClN5O/c1-10(2)14-19-15(21-16(20-14)22(3)4)18-9-13(23)11-5-7-12(17)8-6-11/h5-8,10,13,23H,9H2,1-4H3,(H,18,19,20,21). The van der Waals surface area contributed by atoms with E-state index in [1.54, 1.807) is 24.3 Å². The Morgan fingerprint density at radius 2 is 1.78 bits per heavy atom. The minimum atomic E-state index is -0.672. The highest BCUT2D eigenvalue weighted by molar-refractivity contribution is 6.30. The molecule has 1 unspecified atom stereocenters. The van der Waals surface area contributed by atoms with E-state index in [0.29, 0.717) is 29.3 Å². The smallest absolute Gasteiger partial charge is 0.229 e. The maximum atomic E-state index is 10.2. The summed E-state index contributed by atoms with van der Waals surface area (Å²) in [5.41, 5.74) is 0.785. The number of aliphatic hydroxyl groups excluding tert-OH is 1. The summed E-state index contributed by atoms with van der Waals surface area (Å²) in [7, 11) is 3.76. The lowest BCUT2D eigenvalue weighted by Gasteiger charge is -2.16. The van der Waals surface area contributed by atoms with E-state index in [4.69, 9.17) is 11.6 Å². The normalized spacial score (nSPS) is 12.3. The minimum Gasteiger partial charge on any atom is -0.387 e. The molecular formula is C16H22ClN5O. The van der Waals surface area contributed by atoms with Gasteiger partial charge in [-0.3, -0.25) is 0 Å². The van der Waals surface area contributed by atoms with Crippen molar-refractivity contribution < 1.29 is 5.11 Å². The number of rotatable bonds is 6. The van der Waals surface area contributed by atoms with Crippen molar-refractivity contribution in [2.24, 2.45) is 0 Å². The summed E-state index contributed by atoms with van der Waals surface area (Å²) in [5.74, 6) is 1.96. The third kappa shape index (κ3) is 4.77. The third-order valence-corrected chi connectivity index (χ3v) is 3.52. The first-order valence-corrected chi connectivity index (χ1v) is 7.85. The van der Waals surface area contributed by atoms with Crippen molar-refractivity contribution in [3.8, 4) is 0 Å². The Bertz CT molecular complexity index is 619. The van der Waals surface area contributed by atoms with Gasteiger partial charge in [-0.15, -0.1) is 0 Å². The van der Waals surface area contributed by atoms with Gasteiger partial charge in [-0.1, -0.05) is 37.6 Å². The fourth-order valence-corrected chi connectivity index (χ4v) is 2.03. The first-order valence-electron chi connectivity index (χ1n) is 7.47. The number of nitrogens with one attached hydrogen (secondary N) is 1. The number of hydrogen-bond acceptors (Lipinski definition) is 6. The van der Waals surface area contributed by atoms with Gasteiger partial charge in [0.2, 0.25) is 11.9 Å². The monoisotopic (exact) mass is 335 g/mol. The van der Waals surface area contributed by atoms with Crippen LogP contribution in [-0.4, -0.2) is 40.7 Å². The number of aromatic nitrogens is 3. The second kappa shape index (κ2) is 7.57. The van der Waals surface area contributed by atoms with Gasteiger partial charge in [-0.25, -0.2) is 0 Å². The van der Waals surface area contributed by atoms with Crippen LogP contribution in [0.3, 0.4) is 0 Å². The van der Waals surface area contributed by atoms with Gasteiger partial charge in [-0.2, -0.15) is 15.0 Å². The van der Waals surface area contributed by atoms with Crippen molar-refractivity contribution in [3.63, 3.8) is 0 Å². The molecule has 6 nitrogen and oxygen atoms in total. The van der Waals surface area contributed by atoms with Crippen LogP contribution in [0.4, 0.5) is 11.9 Å². The zero-order chi connectivity index (χ0) is 17.0. The maximum absolute atomic E-state index is 10.2. The maximum Gasteiger partial charge on any atom is 0.229 e. The van der Waals surface area contributed by atoms with Crippen molar-refractivity contribution in [2.45, 2.75) is 25.9 Å². The largest absolute Gasteiger partial charge is 0.387 e. The van der Waals surface area contributed by atoms with Crippen molar-refractivity contribution >= 4 is 23.5 Å². The summed E-state index contributed by atoms with van der Waals surface area (Å²) in [6, 6.07) is 7.11. The molecule has 0 amide bonds. The van der Waals surface area contributed by atoms with Gasteiger partial charge in [0.15, 0.2) is 0 Å². The number of nitrogens with zero attached hydrogens (tertiary/aromatic N) is 4. The molecule has 2 aromatic rings. The van der Waals surface area contributed by atoms with E-state index < -0.39 is 6.10 Å². The highest BCUT2D eigenvalue weighted by Crippen LogP contribution is 2.18. The van der Waals surface area contributed by atoms with Crippen LogP contribution in [-0.2, 0) is 0 Å². The zero-order valence-corrected chi connectivity index (χ0v) is 14.5. The van der Waals surface area contributed by atoms with Crippen molar-refractivity contribution in [3.05, 3.63) is 40.7 Å². The summed E-state index contributed by atoms with van der Waals surface area (Å²) >= 11 is 5.85. The Morgan fingerprint density at radius 1 is 1.13 bits per heavy atom. The molecule has 1 heterocycles. The van der Waals surface area contributed by atoms with Gasteiger partial charge >= 0.3 is 0 Å². The van der Waals surface area contributed by atoms with Gasteiger partial charge in [0, 0.05) is 31.6 Å². The first-order chi connectivity index (χ1) is 10.9. The average molecular weight is 336 g/mol. The number of anilines is 2. The van der Waals surface area contributed by atoms with Crippen LogP contribution in [0.15, 0.2) is 24.3 Å². The molecule has 1 aromatic carbocycles. The molecule has 2 rings (SSSR count). The van der Waals surface area contributed by atoms with Crippen LogP contribution in [0.1, 0.15) is 37.3 Å². The lowest BCUT2D eigenvalue weighted by Crippen LogP contribution is -2.19. The zero-order valence-electron chi connectivity index (χ0n) is 13.8. The van der Waals surface area contributed by atoms with E-state index in [1.165, 1.54) is 0 Å². The molecule has 0 spiro atoms. The van der Waals surface area contributed by atoms with E-state index in [2.05, 4.69) is 20.3 Å². The Hall–Kier alpha value is -1.92. The van der Waals surface area contributed by atoms with Crippen LogP contribution in [0.25, 0.3) is 0 Å². The first kappa shape index (κ1) is 17.4.